The van der Waals surface area contributed by atoms with Gasteiger partial charge in [0.2, 0.25) is 10.0 Å². The molecular weight excluding hydrogens is 306 g/mol. The second kappa shape index (κ2) is 4.68. The second-order valence-electron chi connectivity index (χ2n) is 4.22. The molecule has 0 aromatic heterocycles. The Morgan fingerprint density at radius 2 is 2.18 bits per heavy atom. The van der Waals surface area contributed by atoms with Crippen LogP contribution in [0.25, 0.3) is 0 Å². The smallest absolute Gasteiger partial charge is 0.243 e. The van der Waals surface area contributed by atoms with E-state index >= 15 is 0 Å². The molecule has 1 fully saturated rings. The molecule has 1 aliphatic rings. The van der Waals surface area contributed by atoms with E-state index in [9.17, 15) is 13.5 Å². The minimum Gasteiger partial charge on any atom is -0.392 e. The minimum atomic E-state index is -3.46. The number of β-amino-alcohol motifs (C(OH)–C–C–N with tert-alkyl or cyclic N) is 1. The van der Waals surface area contributed by atoms with Crippen LogP contribution in [0.15, 0.2) is 27.6 Å². The van der Waals surface area contributed by atoms with Crippen molar-refractivity contribution in [3.8, 4) is 0 Å². The summed E-state index contributed by atoms with van der Waals surface area (Å²) in [6, 6.07) is 4.95. The molecule has 0 amide bonds. The summed E-state index contributed by atoms with van der Waals surface area (Å²) < 4.78 is 26.7. The van der Waals surface area contributed by atoms with Gasteiger partial charge < -0.3 is 5.11 Å². The first kappa shape index (κ1) is 13.0. The lowest BCUT2D eigenvalue weighted by Gasteiger charge is -2.16. The van der Waals surface area contributed by atoms with Gasteiger partial charge in [-0.3, -0.25) is 0 Å². The van der Waals surface area contributed by atoms with E-state index in [4.69, 9.17) is 0 Å². The number of aryl methyl sites for hydroxylation is 1. The monoisotopic (exact) mass is 319 g/mol. The van der Waals surface area contributed by atoms with Crippen molar-refractivity contribution in [2.24, 2.45) is 0 Å². The van der Waals surface area contributed by atoms with E-state index in [1.807, 2.05) is 6.92 Å². The summed E-state index contributed by atoms with van der Waals surface area (Å²) in [7, 11) is -3.46. The molecule has 1 saturated heterocycles. The first-order valence-electron chi connectivity index (χ1n) is 5.35. The molecule has 1 aromatic carbocycles. The summed E-state index contributed by atoms with van der Waals surface area (Å²) in [5.41, 5.74) is 0.880. The molecule has 4 nitrogen and oxygen atoms in total. The summed E-state index contributed by atoms with van der Waals surface area (Å²) in [5.74, 6) is 0. The molecule has 0 spiro atoms. The van der Waals surface area contributed by atoms with Crippen molar-refractivity contribution in [3.63, 3.8) is 0 Å². The molecule has 2 rings (SSSR count). The van der Waals surface area contributed by atoms with E-state index < -0.39 is 16.1 Å². The quantitative estimate of drug-likeness (QED) is 0.899. The zero-order chi connectivity index (χ0) is 12.6. The van der Waals surface area contributed by atoms with Crippen LogP contribution in [0.5, 0.6) is 0 Å². The van der Waals surface area contributed by atoms with Crippen molar-refractivity contribution in [2.75, 3.05) is 13.1 Å². The van der Waals surface area contributed by atoms with Crippen LogP contribution >= 0.6 is 15.9 Å². The number of hydrogen-bond donors (Lipinski definition) is 1. The van der Waals surface area contributed by atoms with Gasteiger partial charge in [0.05, 0.1) is 11.0 Å². The molecule has 0 aliphatic carbocycles. The number of rotatable bonds is 2. The summed E-state index contributed by atoms with van der Waals surface area (Å²) in [5, 5.41) is 9.39. The van der Waals surface area contributed by atoms with Crippen LogP contribution in [0.1, 0.15) is 12.0 Å². The van der Waals surface area contributed by atoms with Crippen LogP contribution in [0.3, 0.4) is 0 Å². The van der Waals surface area contributed by atoms with Crippen molar-refractivity contribution < 1.29 is 13.5 Å². The van der Waals surface area contributed by atoms with Gasteiger partial charge in [0.1, 0.15) is 0 Å². The van der Waals surface area contributed by atoms with Crippen molar-refractivity contribution in [1.29, 1.82) is 0 Å². The van der Waals surface area contributed by atoms with Crippen LogP contribution in [0.2, 0.25) is 0 Å². The Labute approximate surface area is 109 Å². The number of sulfonamides is 1. The van der Waals surface area contributed by atoms with Gasteiger partial charge in [-0.15, -0.1) is 0 Å². The molecule has 1 unspecified atom stereocenters. The van der Waals surface area contributed by atoms with Gasteiger partial charge in [0.15, 0.2) is 0 Å². The van der Waals surface area contributed by atoms with E-state index in [0.717, 1.165) is 10.0 Å². The third-order valence-corrected chi connectivity index (χ3v) is 5.64. The highest BCUT2D eigenvalue weighted by atomic mass is 79.9. The van der Waals surface area contributed by atoms with E-state index in [-0.39, 0.29) is 11.4 Å². The minimum absolute atomic E-state index is 0.192. The Morgan fingerprint density at radius 3 is 2.71 bits per heavy atom. The predicted molar refractivity (Wildman–Crippen MR) is 68.3 cm³/mol. The van der Waals surface area contributed by atoms with E-state index in [2.05, 4.69) is 15.9 Å². The zero-order valence-corrected chi connectivity index (χ0v) is 11.8. The summed E-state index contributed by atoms with van der Waals surface area (Å²) >= 11 is 3.34. The van der Waals surface area contributed by atoms with E-state index in [1.165, 1.54) is 4.31 Å². The maximum absolute atomic E-state index is 12.2. The lowest BCUT2D eigenvalue weighted by molar-refractivity contribution is 0.189. The normalized spacial score (nSPS) is 21.9. The van der Waals surface area contributed by atoms with Gasteiger partial charge in [0.25, 0.3) is 0 Å². The fourth-order valence-corrected chi connectivity index (χ4v) is 3.68. The number of hydrogen-bond acceptors (Lipinski definition) is 3. The molecule has 0 bridgehead atoms. The molecule has 1 N–H and O–H groups in total. The van der Waals surface area contributed by atoms with Crippen LogP contribution in [0.4, 0.5) is 0 Å². The summed E-state index contributed by atoms with van der Waals surface area (Å²) in [6.07, 6.45) is -0.0318. The lowest BCUT2D eigenvalue weighted by Crippen LogP contribution is -2.29. The fourth-order valence-electron chi connectivity index (χ4n) is 1.86. The molecule has 1 aliphatic heterocycles. The van der Waals surface area contributed by atoms with Crippen molar-refractivity contribution in [3.05, 3.63) is 28.2 Å². The van der Waals surface area contributed by atoms with Gasteiger partial charge in [-0.25, -0.2) is 8.42 Å². The van der Waals surface area contributed by atoms with Crippen LogP contribution in [-0.2, 0) is 10.0 Å². The molecule has 17 heavy (non-hydrogen) atoms. The molecule has 6 heteroatoms. The van der Waals surface area contributed by atoms with Gasteiger partial charge in [-0.1, -0.05) is 15.9 Å². The van der Waals surface area contributed by atoms with Gasteiger partial charge in [-0.2, -0.15) is 4.31 Å². The molecule has 0 saturated carbocycles. The summed E-state index contributed by atoms with van der Waals surface area (Å²) in [4.78, 5) is 0.285. The highest BCUT2D eigenvalue weighted by Gasteiger charge is 2.31. The number of benzene rings is 1. The first-order valence-corrected chi connectivity index (χ1v) is 7.59. The Bertz CT molecular complexity index is 530. The Morgan fingerprint density at radius 1 is 1.47 bits per heavy atom. The van der Waals surface area contributed by atoms with Crippen LogP contribution < -0.4 is 0 Å². The molecule has 1 atom stereocenters. The zero-order valence-electron chi connectivity index (χ0n) is 9.43. The van der Waals surface area contributed by atoms with E-state index in [0.29, 0.717) is 13.0 Å². The third-order valence-electron chi connectivity index (χ3n) is 2.89. The Hall–Kier alpha value is -0.430. The average Bonchev–Trinajstić information content (AvgIpc) is 2.69. The molecule has 1 aromatic rings. The Balaban J connectivity index is 2.35. The van der Waals surface area contributed by atoms with Crippen LogP contribution in [0, 0.1) is 6.92 Å². The topological polar surface area (TPSA) is 57.6 Å². The van der Waals surface area contributed by atoms with Crippen molar-refractivity contribution >= 4 is 26.0 Å². The maximum atomic E-state index is 12.2. The fraction of sp³-hybridized carbons (Fsp3) is 0.455. The first-order chi connectivity index (χ1) is 7.91. The summed E-state index contributed by atoms with van der Waals surface area (Å²) in [6.45, 7) is 2.43. The van der Waals surface area contributed by atoms with Gasteiger partial charge >= 0.3 is 0 Å². The van der Waals surface area contributed by atoms with Crippen molar-refractivity contribution in [2.45, 2.75) is 24.3 Å². The SMILES string of the molecule is Cc1cc(S(=O)(=O)N2CCC(O)C2)ccc1Br. The molecule has 94 valence electrons. The highest BCUT2D eigenvalue weighted by molar-refractivity contribution is 9.10. The van der Waals surface area contributed by atoms with Crippen LogP contribution in [-0.4, -0.2) is 37.0 Å². The molecule has 1 heterocycles. The maximum Gasteiger partial charge on any atom is 0.243 e. The number of halogens is 1. The third kappa shape index (κ3) is 2.54. The number of aliphatic hydroxyl groups is 1. The standard InChI is InChI=1S/C11H14BrNO3S/c1-8-6-10(2-3-11(8)12)17(15,16)13-5-4-9(14)7-13/h2-3,6,9,14H,4-5,7H2,1H3. The molecular formula is C11H14BrNO3S. The number of nitrogens with zero attached hydrogens (tertiary/aromatic N) is 1. The van der Waals surface area contributed by atoms with Crippen molar-refractivity contribution in [1.82, 2.24) is 4.31 Å². The largest absolute Gasteiger partial charge is 0.392 e. The predicted octanol–water partition coefficient (Wildman–Crippen LogP) is 1.51. The number of aliphatic hydroxyl groups excluding tert-OH is 1. The molecule has 0 radical (unpaired) electrons. The highest BCUT2D eigenvalue weighted by Crippen LogP contribution is 2.24. The van der Waals surface area contributed by atoms with E-state index in [1.54, 1.807) is 18.2 Å². The Kier molecular flexibility index (Phi) is 3.58. The lowest BCUT2D eigenvalue weighted by atomic mass is 10.2. The van der Waals surface area contributed by atoms with Gasteiger partial charge in [0, 0.05) is 17.6 Å². The van der Waals surface area contributed by atoms with Gasteiger partial charge in [-0.05, 0) is 37.1 Å². The average molecular weight is 320 g/mol. The second-order valence-corrected chi connectivity index (χ2v) is 7.01.